The third-order valence-corrected chi connectivity index (χ3v) is 11.8. The second-order valence-corrected chi connectivity index (χ2v) is 18.1. The summed E-state index contributed by atoms with van der Waals surface area (Å²) in [6, 6.07) is 9.90. The first-order valence-corrected chi connectivity index (χ1v) is 22.8. The number of benzene rings is 2. The first-order chi connectivity index (χ1) is 30.6. The first-order valence-electron chi connectivity index (χ1n) is 20.0. The molecule has 64 heavy (non-hydrogen) atoms. The van der Waals surface area contributed by atoms with E-state index in [-0.39, 0.29) is 28.1 Å². The van der Waals surface area contributed by atoms with Crippen molar-refractivity contribution in [3.63, 3.8) is 0 Å². The van der Waals surface area contributed by atoms with E-state index in [0.29, 0.717) is 106 Å². The molecule has 2 amide bonds. The summed E-state index contributed by atoms with van der Waals surface area (Å²) in [5.74, 6) is 1.05. The first kappa shape index (κ1) is 46.5. The van der Waals surface area contributed by atoms with Gasteiger partial charge in [-0.05, 0) is 75.3 Å². The molecule has 2 saturated heterocycles. The zero-order valence-electron chi connectivity index (χ0n) is 35.0. The van der Waals surface area contributed by atoms with Crippen molar-refractivity contribution in [2.75, 3.05) is 54.5 Å². The van der Waals surface area contributed by atoms with Crippen LogP contribution in [0, 0.1) is 0 Å². The van der Waals surface area contributed by atoms with Gasteiger partial charge in [-0.15, -0.1) is 0 Å². The highest BCUT2D eigenvalue weighted by Crippen LogP contribution is 2.28. The van der Waals surface area contributed by atoms with Gasteiger partial charge in [-0.2, -0.15) is 9.97 Å². The van der Waals surface area contributed by atoms with Gasteiger partial charge in [0.05, 0.1) is 12.7 Å². The molecular formula is C41H43Cl4N13O5S. The molecule has 2 aliphatic heterocycles. The Balaban J connectivity index is 0.000000225. The van der Waals surface area contributed by atoms with Crippen LogP contribution in [0.15, 0.2) is 63.8 Å². The van der Waals surface area contributed by atoms with Crippen molar-refractivity contribution in [3.05, 3.63) is 101 Å². The van der Waals surface area contributed by atoms with E-state index in [9.17, 15) is 19.2 Å². The molecule has 8 rings (SSSR count). The van der Waals surface area contributed by atoms with E-state index < -0.39 is 17.7 Å². The normalized spacial score (nSPS) is 15.2. The largest absolute Gasteiger partial charge is 0.444 e. The van der Waals surface area contributed by atoms with Crippen LogP contribution in [-0.2, 0) is 22.6 Å². The summed E-state index contributed by atoms with van der Waals surface area (Å²) < 4.78 is 5.52. The van der Waals surface area contributed by atoms with Crippen LogP contribution in [0.4, 0.5) is 22.4 Å². The molecule has 0 unspecified atom stereocenters. The van der Waals surface area contributed by atoms with E-state index in [4.69, 9.17) is 51.1 Å². The number of halogens is 4. The van der Waals surface area contributed by atoms with Crippen LogP contribution >= 0.6 is 58.2 Å². The van der Waals surface area contributed by atoms with Crippen LogP contribution in [0.3, 0.4) is 0 Å². The number of carbonyl (C=O) groups is 2. The van der Waals surface area contributed by atoms with E-state index >= 15 is 0 Å². The monoisotopic (exact) mass is 969 g/mol. The van der Waals surface area contributed by atoms with Crippen molar-refractivity contribution in [2.45, 2.75) is 63.5 Å². The Morgan fingerprint density at radius 3 is 1.86 bits per heavy atom. The number of rotatable bonds is 9. The third-order valence-electron chi connectivity index (χ3n) is 10.1. The maximum Gasteiger partial charge on any atom is 0.410 e. The number of likely N-dealkylation sites (tertiary alicyclic amines) is 1. The Morgan fingerprint density at radius 2 is 1.33 bits per heavy atom. The summed E-state index contributed by atoms with van der Waals surface area (Å²) in [5, 5.41) is 9.53. The van der Waals surface area contributed by atoms with Gasteiger partial charge in [0.15, 0.2) is 16.5 Å². The molecule has 6 aromatic rings. The standard InChI is InChI=1S/C27H32Cl2N8O4.C14H11Cl2N5OS/c1-27(2,3)41-26(40)37-8-4-5-19(37)24(39)35-9-11-36(12-10-35)25-33-21(20-22(34-25)31-15-32-23(20)38)30-14-16-6-7-17(28)13-18(16)29;1-23-14-20-11(10-12(21-14)18-6-19-13(10)22)17-5-7-2-3-8(15)4-9(7)16/h6-7,13,15,19H,4-5,8-12,14H2,1-3H3,(H2,30,31,32,33,34,38);2-4,6H,5H2,1H3,(H2,17,18,19,20,21,22)/t19-;/m1./s1. The zero-order chi connectivity index (χ0) is 45.7. The summed E-state index contributed by atoms with van der Waals surface area (Å²) in [6.45, 7) is 8.44. The average molecular weight is 972 g/mol. The van der Waals surface area contributed by atoms with Crippen LogP contribution in [0.5, 0.6) is 0 Å². The van der Waals surface area contributed by atoms with Crippen molar-refractivity contribution < 1.29 is 14.3 Å². The minimum atomic E-state index is -0.632. The molecule has 0 radical (unpaired) electrons. The van der Waals surface area contributed by atoms with Gasteiger partial charge >= 0.3 is 6.09 Å². The van der Waals surface area contributed by atoms with E-state index in [0.717, 1.165) is 17.5 Å². The highest BCUT2D eigenvalue weighted by atomic mass is 35.5. The summed E-state index contributed by atoms with van der Waals surface area (Å²) in [6.07, 6.45) is 5.38. The molecule has 23 heteroatoms. The Kier molecular flexibility index (Phi) is 14.6. The van der Waals surface area contributed by atoms with Gasteiger partial charge in [-0.1, -0.05) is 70.3 Å². The predicted octanol–water partition coefficient (Wildman–Crippen LogP) is 7.03. The van der Waals surface area contributed by atoms with Crippen molar-refractivity contribution in [3.8, 4) is 0 Å². The van der Waals surface area contributed by atoms with Crippen molar-refractivity contribution in [1.82, 2.24) is 49.7 Å². The van der Waals surface area contributed by atoms with Crippen LogP contribution < -0.4 is 26.7 Å². The fourth-order valence-electron chi connectivity index (χ4n) is 7.00. The highest BCUT2D eigenvalue weighted by molar-refractivity contribution is 7.98. The summed E-state index contributed by atoms with van der Waals surface area (Å²) in [4.78, 5) is 87.3. The van der Waals surface area contributed by atoms with Crippen LogP contribution in [-0.4, -0.2) is 112 Å². The lowest BCUT2D eigenvalue weighted by Crippen LogP contribution is -2.55. The number of nitrogens with one attached hydrogen (secondary N) is 4. The number of piperazine rings is 1. The Bertz CT molecular complexity index is 2820. The van der Waals surface area contributed by atoms with Gasteiger partial charge in [0, 0.05) is 65.9 Å². The molecule has 2 fully saturated rings. The maximum absolute atomic E-state index is 13.4. The minimum Gasteiger partial charge on any atom is -0.444 e. The molecule has 1 atom stereocenters. The minimum absolute atomic E-state index is 0.0807. The molecule has 0 bridgehead atoms. The van der Waals surface area contributed by atoms with Gasteiger partial charge in [0.1, 0.15) is 34.1 Å². The fourth-order valence-corrected chi connectivity index (χ4v) is 8.31. The van der Waals surface area contributed by atoms with Gasteiger partial charge in [-0.25, -0.2) is 24.7 Å². The summed E-state index contributed by atoms with van der Waals surface area (Å²) in [7, 11) is 0. The maximum atomic E-state index is 13.4. The number of thioether (sulfide) groups is 1. The van der Waals surface area contributed by atoms with Gasteiger partial charge in [-0.3, -0.25) is 19.3 Å². The van der Waals surface area contributed by atoms with Gasteiger partial charge in [0.25, 0.3) is 11.1 Å². The SMILES string of the molecule is CC(C)(C)OC(=O)N1CCC[C@@H]1C(=O)N1CCN(c2nc(NCc3ccc(Cl)cc3Cl)c3c(=O)[nH]cnc3n2)CC1.CSc1nc(NCc2ccc(Cl)cc2Cl)c2c(=O)[nH]cnc2n1. The lowest BCUT2D eigenvalue weighted by atomic mass is 10.1. The Hall–Kier alpha value is -5.47. The van der Waals surface area contributed by atoms with Crippen LogP contribution in [0.2, 0.25) is 20.1 Å². The number of carbonyl (C=O) groups excluding carboxylic acids is 2. The molecule has 0 spiro atoms. The van der Waals surface area contributed by atoms with Gasteiger partial charge < -0.3 is 35.1 Å². The summed E-state index contributed by atoms with van der Waals surface area (Å²) >= 11 is 25.8. The molecule has 0 saturated carbocycles. The number of hydrogen-bond acceptors (Lipinski definition) is 15. The lowest BCUT2D eigenvalue weighted by Gasteiger charge is -2.37. The lowest BCUT2D eigenvalue weighted by molar-refractivity contribution is -0.136. The number of fused-ring (bicyclic) bond motifs is 2. The average Bonchev–Trinajstić information content (AvgIpc) is 3.76. The number of aromatic amines is 2. The number of amides is 2. The molecule has 0 aliphatic carbocycles. The number of hydrogen-bond donors (Lipinski definition) is 4. The Labute approximate surface area is 390 Å². The topological polar surface area (TPSA) is 220 Å². The van der Waals surface area contributed by atoms with E-state index in [1.54, 1.807) is 40.1 Å². The number of ether oxygens (including phenoxy) is 1. The second kappa shape index (κ2) is 20.1. The van der Waals surface area contributed by atoms with Crippen molar-refractivity contribution in [2.24, 2.45) is 0 Å². The quantitative estimate of drug-likeness (QED) is 0.0844. The number of anilines is 3. The molecule has 4 aromatic heterocycles. The number of aromatic nitrogens is 8. The zero-order valence-corrected chi connectivity index (χ0v) is 38.9. The molecule has 4 N–H and O–H groups in total. The van der Waals surface area contributed by atoms with E-state index in [1.165, 1.54) is 24.4 Å². The molecule has 6 heterocycles. The van der Waals surface area contributed by atoms with Gasteiger partial charge in [0.2, 0.25) is 11.9 Å². The molecule has 2 aliphatic rings. The highest BCUT2D eigenvalue weighted by Gasteiger charge is 2.39. The Morgan fingerprint density at radius 1 is 0.781 bits per heavy atom. The molecule has 2 aromatic carbocycles. The summed E-state index contributed by atoms with van der Waals surface area (Å²) in [5.41, 5.74) is 0.921. The fraction of sp³-hybridized carbons (Fsp3) is 0.366. The predicted molar refractivity (Wildman–Crippen MR) is 250 cm³/mol. The molecular weight excluding hydrogens is 928 g/mol. The van der Waals surface area contributed by atoms with Crippen LogP contribution in [0.1, 0.15) is 44.7 Å². The number of H-pyrrole nitrogens is 2. The second-order valence-electron chi connectivity index (χ2n) is 15.6. The van der Waals surface area contributed by atoms with E-state index in [1.807, 2.05) is 38.0 Å². The van der Waals surface area contributed by atoms with Crippen molar-refractivity contribution in [1.29, 1.82) is 0 Å². The van der Waals surface area contributed by atoms with Crippen molar-refractivity contribution >= 4 is 110 Å². The van der Waals surface area contributed by atoms with E-state index in [2.05, 4.69) is 50.5 Å². The molecule has 336 valence electrons. The van der Waals surface area contributed by atoms with Crippen LogP contribution in [0.25, 0.3) is 22.1 Å². The molecule has 18 nitrogen and oxygen atoms in total. The number of nitrogens with zero attached hydrogens (tertiary/aromatic N) is 9. The smallest absolute Gasteiger partial charge is 0.410 e. The third kappa shape index (κ3) is 11.1.